The molecule has 1 aliphatic heterocycles. The van der Waals surface area contributed by atoms with E-state index in [-0.39, 0.29) is 12.5 Å². The number of carbonyl (C=O) groups is 1. The molecule has 1 fully saturated rings. The Morgan fingerprint density at radius 3 is 1.37 bits per heavy atom. The van der Waals surface area contributed by atoms with E-state index in [1.807, 2.05) is 6.08 Å². The first-order chi connectivity index (χ1) is 31.8. The number of amides is 1. The number of aliphatic hydroxyl groups is 5. The molecule has 1 amide bonds. The van der Waals surface area contributed by atoms with Crippen molar-refractivity contribution in [3.05, 3.63) is 48.6 Å². The number of carbonyl (C=O) groups excluding carboxylic acids is 1. The van der Waals surface area contributed by atoms with Crippen molar-refractivity contribution in [1.29, 1.82) is 0 Å². The molecule has 380 valence electrons. The highest BCUT2D eigenvalue weighted by molar-refractivity contribution is 5.76. The minimum Gasteiger partial charge on any atom is -0.394 e. The van der Waals surface area contributed by atoms with Crippen LogP contribution >= 0.6 is 0 Å². The Hall–Kier alpha value is -1.85. The van der Waals surface area contributed by atoms with Gasteiger partial charge in [-0.25, -0.2) is 0 Å². The summed E-state index contributed by atoms with van der Waals surface area (Å²) in [7, 11) is 0. The molecule has 9 heteroatoms. The van der Waals surface area contributed by atoms with Gasteiger partial charge in [0.2, 0.25) is 5.91 Å². The topological polar surface area (TPSA) is 149 Å². The summed E-state index contributed by atoms with van der Waals surface area (Å²) in [6.45, 7) is 3.64. The largest absolute Gasteiger partial charge is 0.394 e. The van der Waals surface area contributed by atoms with Gasteiger partial charge in [-0.2, -0.15) is 0 Å². The lowest BCUT2D eigenvalue weighted by Gasteiger charge is -2.40. The van der Waals surface area contributed by atoms with Crippen molar-refractivity contribution in [3.63, 3.8) is 0 Å². The first kappa shape index (κ1) is 61.2. The molecule has 0 aromatic rings. The molecule has 1 aliphatic rings. The van der Waals surface area contributed by atoms with Crippen LogP contribution in [0.4, 0.5) is 0 Å². The van der Waals surface area contributed by atoms with Crippen LogP contribution in [0.3, 0.4) is 0 Å². The average Bonchev–Trinajstić information content (AvgIpc) is 3.31. The first-order valence-electron chi connectivity index (χ1n) is 27.4. The minimum atomic E-state index is -1.57. The number of ether oxygens (including phenoxy) is 2. The van der Waals surface area contributed by atoms with Crippen molar-refractivity contribution in [2.24, 2.45) is 0 Å². The van der Waals surface area contributed by atoms with Crippen LogP contribution in [0, 0.1) is 0 Å². The molecule has 0 saturated carbocycles. The monoisotopic (exact) mass is 918 g/mol. The zero-order chi connectivity index (χ0) is 47.3. The summed E-state index contributed by atoms with van der Waals surface area (Å²) < 4.78 is 11.2. The van der Waals surface area contributed by atoms with Gasteiger partial charge in [-0.05, 0) is 64.2 Å². The molecule has 0 bridgehead atoms. The zero-order valence-corrected chi connectivity index (χ0v) is 42.0. The highest BCUT2D eigenvalue weighted by Crippen LogP contribution is 2.23. The van der Waals surface area contributed by atoms with Gasteiger partial charge in [0.1, 0.15) is 24.4 Å². The van der Waals surface area contributed by atoms with Gasteiger partial charge in [0.05, 0.1) is 25.4 Å². The number of rotatable bonds is 46. The summed E-state index contributed by atoms with van der Waals surface area (Å²) in [5.74, 6) is -0.192. The highest BCUT2D eigenvalue weighted by Gasteiger charge is 2.44. The van der Waals surface area contributed by atoms with E-state index in [9.17, 15) is 30.3 Å². The molecule has 0 spiro atoms. The Labute approximate surface area is 399 Å². The van der Waals surface area contributed by atoms with Crippen LogP contribution in [0.5, 0.6) is 0 Å². The lowest BCUT2D eigenvalue weighted by atomic mass is 9.99. The summed E-state index contributed by atoms with van der Waals surface area (Å²) in [5, 5.41) is 54.1. The summed E-state index contributed by atoms with van der Waals surface area (Å²) in [6.07, 6.45) is 53.6. The number of nitrogens with one attached hydrogen (secondary N) is 1. The highest BCUT2D eigenvalue weighted by atomic mass is 16.7. The molecule has 0 radical (unpaired) electrons. The van der Waals surface area contributed by atoms with E-state index in [2.05, 4.69) is 55.6 Å². The van der Waals surface area contributed by atoms with Crippen LogP contribution in [0.1, 0.15) is 245 Å². The second-order valence-corrected chi connectivity index (χ2v) is 19.0. The normalized spacial score (nSPS) is 20.3. The van der Waals surface area contributed by atoms with Crippen LogP contribution in [-0.4, -0.2) is 87.5 Å². The molecule has 0 aromatic carbocycles. The quantitative estimate of drug-likeness (QED) is 0.0261. The first-order valence-corrected chi connectivity index (χ1v) is 27.4. The molecule has 0 aliphatic carbocycles. The van der Waals surface area contributed by atoms with Crippen molar-refractivity contribution in [2.45, 2.75) is 288 Å². The van der Waals surface area contributed by atoms with Crippen LogP contribution in [0.2, 0.25) is 0 Å². The molecular weight excluding hydrogens is 815 g/mol. The third kappa shape index (κ3) is 35.9. The fourth-order valence-electron chi connectivity index (χ4n) is 8.54. The second-order valence-electron chi connectivity index (χ2n) is 19.0. The van der Waals surface area contributed by atoms with Gasteiger partial charge in [0, 0.05) is 6.42 Å². The number of unbranched alkanes of at least 4 members (excludes halogenated alkanes) is 30. The molecule has 9 nitrogen and oxygen atoms in total. The van der Waals surface area contributed by atoms with Crippen molar-refractivity contribution < 1.29 is 39.8 Å². The van der Waals surface area contributed by atoms with Crippen LogP contribution < -0.4 is 5.32 Å². The van der Waals surface area contributed by atoms with Crippen LogP contribution in [-0.2, 0) is 14.3 Å². The molecule has 6 N–H and O–H groups in total. The predicted octanol–water partition coefficient (Wildman–Crippen LogP) is 13.0. The maximum absolute atomic E-state index is 13.0. The molecule has 0 aromatic heterocycles. The lowest BCUT2D eigenvalue weighted by Crippen LogP contribution is -2.60. The average molecular weight is 918 g/mol. The minimum absolute atomic E-state index is 0.192. The molecule has 7 unspecified atom stereocenters. The SMILES string of the molecule is CC/C=C/CC/C=C/CC/C=C/C(O)C(COC1OC(CO)C(O)C(O)C1O)NC(=O)CCCCCCCCCCCCCCCCCC/C=C\CCCCCCCCCCCCCC. The molecular formula is C56H103NO8. The zero-order valence-electron chi connectivity index (χ0n) is 42.0. The summed E-state index contributed by atoms with van der Waals surface area (Å²) in [4.78, 5) is 13.0. The Morgan fingerprint density at radius 2 is 0.923 bits per heavy atom. The Morgan fingerprint density at radius 1 is 0.523 bits per heavy atom. The van der Waals surface area contributed by atoms with Gasteiger partial charge >= 0.3 is 0 Å². The molecule has 1 heterocycles. The van der Waals surface area contributed by atoms with Gasteiger partial charge in [-0.1, -0.05) is 223 Å². The molecule has 7 atom stereocenters. The fraction of sp³-hybridized carbons (Fsp3) is 0.839. The Bertz CT molecular complexity index is 1160. The smallest absolute Gasteiger partial charge is 0.220 e. The van der Waals surface area contributed by atoms with Gasteiger partial charge < -0.3 is 40.3 Å². The maximum atomic E-state index is 13.0. The van der Waals surface area contributed by atoms with Gasteiger partial charge in [0.15, 0.2) is 6.29 Å². The third-order valence-electron chi connectivity index (χ3n) is 12.9. The van der Waals surface area contributed by atoms with E-state index in [4.69, 9.17) is 9.47 Å². The standard InChI is InChI=1S/C56H103NO8/c1-3-5-7-9-11-13-15-16-17-18-19-20-21-22-23-24-25-26-27-28-29-30-31-32-33-34-35-36-38-40-42-44-46-52(60)57-49(48-64-56-55(63)54(62)53(61)51(47-58)65-56)50(59)45-43-41-39-37-14-12-10-8-6-4-2/h6,8,14,22-23,37,43,45,49-51,53-56,58-59,61-63H,3-5,7,9-13,15-21,24-36,38-42,44,46-48H2,1-2H3,(H,57,60)/b8-6+,23-22-,37-14+,45-43+. The van der Waals surface area contributed by atoms with E-state index >= 15 is 0 Å². The van der Waals surface area contributed by atoms with E-state index in [1.165, 1.54) is 173 Å². The Balaban J connectivity index is 2.10. The molecule has 1 rings (SSSR count). The maximum Gasteiger partial charge on any atom is 0.220 e. The van der Waals surface area contributed by atoms with E-state index in [1.54, 1.807) is 6.08 Å². The lowest BCUT2D eigenvalue weighted by molar-refractivity contribution is -0.302. The Kier molecular flexibility index (Phi) is 43.2. The number of allylic oxidation sites excluding steroid dienone is 7. The van der Waals surface area contributed by atoms with Crippen molar-refractivity contribution >= 4 is 5.91 Å². The predicted molar refractivity (Wildman–Crippen MR) is 272 cm³/mol. The van der Waals surface area contributed by atoms with E-state index < -0.39 is 49.5 Å². The summed E-state index contributed by atoms with van der Waals surface area (Å²) in [5.41, 5.74) is 0. The number of hydrogen-bond acceptors (Lipinski definition) is 8. The van der Waals surface area contributed by atoms with E-state index in [0.717, 1.165) is 51.4 Å². The summed E-state index contributed by atoms with van der Waals surface area (Å²) >= 11 is 0. The molecule has 65 heavy (non-hydrogen) atoms. The van der Waals surface area contributed by atoms with Crippen LogP contribution in [0.25, 0.3) is 0 Å². The number of hydrogen-bond donors (Lipinski definition) is 6. The van der Waals surface area contributed by atoms with Crippen molar-refractivity contribution in [2.75, 3.05) is 13.2 Å². The van der Waals surface area contributed by atoms with Crippen LogP contribution in [0.15, 0.2) is 48.6 Å². The third-order valence-corrected chi connectivity index (χ3v) is 12.9. The van der Waals surface area contributed by atoms with Crippen molar-refractivity contribution in [1.82, 2.24) is 5.32 Å². The van der Waals surface area contributed by atoms with Crippen molar-refractivity contribution in [3.8, 4) is 0 Å². The van der Waals surface area contributed by atoms with Gasteiger partial charge in [-0.15, -0.1) is 0 Å². The molecule has 1 saturated heterocycles. The number of aliphatic hydroxyl groups excluding tert-OH is 5. The summed E-state index contributed by atoms with van der Waals surface area (Å²) in [6, 6.07) is -0.826. The fourth-order valence-corrected chi connectivity index (χ4v) is 8.54. The van der Waals surface area contributed by atoms with E-state index in [0.29, 0.717) is 6.42 Å². The van der Waals surface area contributed by atoms with Gasteiger partial charge in [0.25, 0.3) is 0 Å². The second kappa shape index (κ2) is 45.9. The van der Waals surface area contributed by atoms with Gasteiger partial charge in [-0.3, -0.25) is 4.79 Å².